The number of ether oxygens (including phenoxy) is 1. The van der Waals surface area contributed by atoms with Gasteiger partial charge in [-0.1, -0.05) is 0 Å². The highest BCUT2D eigenvalue weighted by Gasteiger charge is 2.38. The summed E-state index contributed by atoms with van der Waals surface area (Å²) in [5.74, 6) is -0.353. The Kier molecular flexibility index (Phi) is 3.59. The molecule has 0 aliphatic carbocycles. The predicted octanol–water partition coefficient (Wildman–Crippen LogP) is -0.610. The third kappa shape index (κ3) is 3.10. The van der Waals surface area contributed by atoms with Crippen LogP contribution in [0.5, 0.6) is 0 Å². The molecular weight excluding hydrogens is 270 g/mol. The number of amides is 1. The van der Waals surface area contributed by atoms with Gasteiger partial charge in [-0.25, -0.2) is 13.6 Å². The van der Waals surface area contributed by atoms with Crippen molar-refractivity contribution in [3.05, 3.63) is 24.3 Å². The topological polar surface area (TPSA) is 125 Å². The van der Waals surface area contributed by atoms with Crippen LogP contribution in [0.2, 0.25) is 0 Å². The smallest absolute Gasteiger partial charge is 0.246 e. The van der Waals surface area contributed by atoms with Gasteiger partial charge in [0.25, 0.3) is 0 Å². The number of anilines is 1. The molecule has 0 spiro atoms. The summed E-state index contributed by atoms with van der Waals surface area (Å²) in [5, 5.41) is 7.60. The van der Waals surface area contributed by atoms with E-state index in [4.69, 9.17) is 15.6 Å². The minimum absolute atomic E-state index is 0.0165. The highest BCUT2D eigenvalue weighted by molar-refractivity contribution is 7.89. The molecule has 1 atom stereocenters. The SMILES string of the molecule is NC1(C(=O)Nc2ccc(S(N)(=O)=O)cc2)CCOC1. The average Bonchev–Trinajstić information content (AvgIpc) is 2.77. The van der Waals surface area contributed by atoms with Crippen LogP contribution in [-0.4, -0.2) is 33.1 Å². The second-order valence-electron chi connectivity index (χ2n) is 4.48. The first-order valence-electron chi connectivity index (χ1n) is 5.62. The van der Waals surface area contributed by atoms with E-state index in [0.717, 1.165) is 0 Å². The van der Waals surface area contributed by atoms with Crippen molar-refractivity contribution < 1.29 is 17.9 Å². The molecule has 1 aromatic rings. The number of benzene rings is 1. The molecular formula is C11H15N3O4S. The molecule has 1 heterocycles. The molecule has 1 fully saturated rings. The Morgan fingerprint density at radius 3 is 2.42 bits per heavy atom. The van der Waals surface area contributed by atoms with Crippen LogP contribution in [0.3, 0.4) is 0 Å². The van der Waals surface area contributed by atoms with Crippen LogP contribution >= 0.6 is 0 Å². The molecule has 0 radical (unpaired) electrons. The van der Waals surface area contributed by atoms with E-state index in [9.17, 15) is 13.2 Å². The van der Waals surface area contributed by atoms with Crippen molar-refractivity contribution in [2.24, 2.45) is 10.9 Å². The number of carbonyl (C=O) groups is 1. The van der Waals surface area contributed by atoms with Gasteiger partial charge in [-0.2, -0.15) is 0 Å². The van der Waals surface area contributed by atoms with Crippen molar-refractivity contribution in [3.63, 3.8) is 0 Å². The van der Waals surface area contributed by atoms with E-state index in [1.807, 2.05) is 0 Å². The van der Waals surface area contributed by atoms with E-state index in [2.05, 4.69) is 5.32 Å². The van der Waals surface area contributed by atoms with Crippen molar-refractivity contribution in [2.75, 3.05) is 18.5 Å². The summed E-state index contributed by atoms with van der Waals surface area (Å²) < 4.78 is 27.3. The Morgan fingerprint density at radius 1 is 1.32 bits per heavy atom. The first-order chi connectivity index (χ1) is 8.81. The standard InChI is InChI=1S/C11H15N3O4S/c12-11(5-6-18-7-11)10(15)14-8-1-3-9(4-2-8)19(13,16)17/h1-4H,5-7,12H2,(H,14,15)(H2,13,16,17). The summed E-state index contributed by atoms with van der Waals surface area (Å²) in [6.07, 6.45) is 0.452. The van der Waals surface area contributed by atoms with Crippen LogP contribution in [-0.2, 0) is 19.6 Å². The number of sulfonamides is 1. The third-order valence-corrected chi connectivity index (χ3v) is 3.87. The van der Waals surface area contributed by atoms with Crippen LogP contribution in [0.1, 0.15) is 6.42 Å². The lowest BCUT2D eigenvalue weighted by Gasteiger charge is -2.20. The van der Waals surface area contributed by atoms with Crippen LogP contribution < -0.4 is 16.2 Å². The van der Waals surface area contributed by atoms with Crippen LogP contribution in [0.15, 0.2) is 29.2 Å². The molecule has 19 heavy (non-hydrogen) atoms. The molecule has 0 bridgehead atoms. The number of carbonyl (C=O) groups excluding carboxylic acids is 1. The quantitative estimate of drug-likeness (QED) is 0.683. The van der Waals surface area contributed by atoms with Crippen molar-refractivity contribution in [3.8, 4) is 0 Å². The fourth-order valence-corrected chi connectivity index (χ4v) is 2.26. The van der Waals surface area contributed by atoms with E-state index in [0.29, 0.717) is 18.7 Å². The van der Waals surface area contributed by atoms with Crippen molar-refractivity contribution in [1.29, 1.82) is 0 Å². The second kappa shape index (κ2) is 4.89. The molecule has 7 nitrogen and oxygen atoms in total. The third-order valence-electron chi connectivity index (χ3n) is 2.95. The summed E-state index contributed by atoms with van der Waals surface area (Å²) in [7, 11) is -3.73. The highest BCUT2D eigenvalue weighted by Crippen LogP contribution is 2.19. The fraction of sp³-hybridized carbons (Fsp3) is 0.364. The first-order valence-corrected chi connectivity index (χ1v) is 7.17. The van der Waals surface area contributed by atoms with Crippen molar-refractivity contribution >= 4 is 21.6 Å². The minimum atomic E-state index is -3.73. The van der Waals surface area contributed by atoms with Gasteiger partial charge >= 0.3 is 0 Å². The Balaban J connectivity index is 2.10. The number of hydrogen-bond acceptors (Lipinski definition) is 5. The molecule has 1 amide bonds. The Bertz CT molecular complexity index is 576. The Labute approximate surface area is 111 Å². The van der Waals surface area contributed by atoms with Crippen molar-refractivity contribution in [1.82, 2.24) is 0 Å². The molecule has 5 N–H and O–H groups in total. The molecule has 1 saturated heterocycles. The van der Waals surface area contributed by atoms with Crippen molar-refractivity contribution in [2.45, 2.75) is 16.9 Å². The highest BCUT2D eigenvalue weighted by atomic mass is 32.2. The number of nitrogens with one attached hydrogen (secondary N) is 1. The zero-order valence-electron chi connectivity index (χ0n) is 10.1. The van der Waals surface area contributed by atoms with E-state index in [-0.39, 0.29) is 17.4 Å². The maximum absolute atomic E-state index is 12.0. The average molecular weight is 285 g/mol. The van der Waals surface area contributed by atoms with Gasteiger partial charge in [-0.05, 0) is 30.7 Å². The van der Waals surface area contributed by atoms with Gasteiger partial charge in [0, 0.05) is 12.3 Å². The normalized spacial score (nSPS) is 23.3. The molecule has 1 unspecified atom stereocenters. The number of primary sulfonamides is 1. The molecule has 104 valence electrons. The summed E-state index contributed by atoms with van der Waals surface area (Å²) >= 11 is 0. The lowest BCUT2D eigenvalue weighted by Crippen LogP contribution is -2.51. The molecule has 1 aromatic carbocycles. The summed E-state index contributed by atoms with van der Waals surface area (Å²) in [5.41, 5.74) is 5.32. The maximum atomic E-state index is 12.0. The number of nitrogens with two attached hydrogens (primary N) is 2. The first kappa shape index (κ1) is 13.9. The van der Waals surface area contributed by atoms with E-state index >= 15 is 0 Å². The summed E-state index contributed by atoms with van der Waals surface area (Å²) in [6.45, 7) is 0.627. The fourth-order valence-electron chi connectivity index (χ4n) is 1.74. The molecule has 2 rings (SSSR count). The van der Waals surface area contributed by atoms with E-state index in [1.165, 1.54) is 24.3 Å². The van der Waals surface area contributed by atoms with E-state index in [1.54, 1.807) is 0 Å². The molecule has 1 aliphatic heterocycles. The molecule has 0 aromatic heterocycles. The van der Waals surface area contributed by atoms with Crippen LogP contribution in [0.4, 0.5) is 5.69 Å². The lowest BCUT2D eigenvalue weighted by molar-refractivity contribution is -0.121. The van der Waals surface area contributed by atoms with Crippen LogP contribution in [0, 0.1) is 0 Å². The summed E-state index contributed by atoms with van der Waals surface area (Å²) in [6, 6.07) is 5.55. The zero-order valence-corrected chi connectivity index (χ0v) is 10.9. The molecule has 0 saturated carbocycles. The lowest BCUT2D eigenvalue weighted by atomic mass is 9.99. The van der Waals surface area contributed by atoms with Gasteiger partial charge < -0.3 is 15.8 Å². The van der Waals surface area contributed by atoms with Crippen LogP contribution in [0.25, 0.3) is 0 Å². The van der Waals surface area contributed by atoms with Gasteiger partial charge in [0.05, 0.1) is 11.5 Å². The second-order valence-corrected chi connectivity index (χ2v) is 6.04. The Hall–Kier alpha value is -1.48. The minimum Gasteiger partial charge on any atom is -0.379 e. The van der Waals surface area contributed by atoms with Gasteiger partial charge in [0.2, 0.25) is 15.9 Å². The van der Waals surface area contributed by atoms with Gasteiger partial charge in [-0.3, -0.25) is 4.79 Å². The predicted molar refractivity (Wildman–Crippen MR) is 68.8 cm³/mol. The summed E-state index contributed by atoms with van der Waals surface area (Å²) in [4.78, 5) is 11.9. The van der Waals surface area contributed by atoms with E-state index < -0.39 is 15.6 Å². The number of hydrogen-bond donors (Lipinski definition) is 3. The number of rotatable bonds is 3. The van der Waals surface area contributed by atoms with Gasteiger partial charge in [0.15, 0.2) is 0 Å². The molecule has 8 heteroatoms. The Morgan fingerprint density at radius 2 is 1.95 bits per heavy atom. The zero-order chi connectivity index (χ0) is 14.1. The van der Waals surface area contributed by atoms with Gasteiger partial charge in [0.1, 0.15) is 5.54 Å². The maximum Gasteiger partial charge on any atom is 0.246 e. The molecule has 1 aliphatic rings. The largest absolute Gasteiger partial charge is 0.379 e. The monoisotopic (exact) mass is 285 g/mol. The van der Waals surface area contributed by atoms with Gasteiger partial charge in [-0.15, -0.1) is 0 Å².